The Labute approximate surface area is 152 Å². The summed E-state index contributed by atoms with van der Waals surface area (Å²) in [6.07, 6.45) is 7.65. The number of carbonyl (C=O) groups is 2. The van der Waals surface area contributed by atoms with E-state index in [1.807, 2.05) is 12.1 Å². The number of aromatic nitrogens is 3. The van der Waals surface area contributed by atoms with Crippen molar-refractivity contribution >= 4 is 17.5 Å². The number of pyridine rings is 1. The first-order valence-electron chi connectivity index (χ1n) is 8.96. The number of nitrogens with zero attached hydrogens (tertiary/aromatic N) is 4. The molecule has 2 amide bonds. The molecule has 3 rings (SSSR count). The number of hydrogen-bond acceptors (Lipinski definition) is 5. The maximum atomic E-state index is 12.1. The molecule has 0 bridgehead atoms. The molecule has 3 heterocycles. The molecule has 2 aromatic rings. The lowest BCUT2D eigenvalue weighted by Crippen LogP contribution is -2.47. The van der Waals surface area contributed by atoms with Crippen molar-refractivity contribution in [1.82, 2.24) is 25.0 Å². The Morgan fingerprint density at radius 2 is 2.04 bits per heavy atom. The van der Waals surface area contributed by atoms with Gasteiger partial charge in [-0.1, -0.05) is 13.0 Å². The second-order valence-electron chi connectivity index (χ2n) is 6.41. The largest absolute Gasteiger partial charge is 0.345 e. The van der Waals surface area contributed by atoms with E-state index >= 15 is 0 Å². The van der Waals surface area contributed by atoms with Crippen LogP contribution in [-0.4, -0.2) is 57.2 Å². The van der Waals surface area contributed by atoms with Gasteiger partial charge in [-0.3, -0.25) is 9.59 Å². The van der Waals surface area contributed by atoms with Crippen LogP contribution >= 0.6 is 0 Å². The smallest absolute Gasteiger partial charge is 0.313 e. The standard InChI is InChI=1S/C18H24N6O2/c1-2-9-23-10-6-14(7-11-23)21-17(25)18(26)22-15-12-20-24(13-15)16-5-3-4-8-19-16/h3-5,8,12-14H,2,6-7,9-11H2,1H3,(H,21,25)(H,22,26). The van der Waals surface area contributed by atoms with Gasteiger partial charge in [0.25, 0.3) is 0 Å². The predicted molar refractivity (Wildman–Crippen MR) is 97.9 cm³/mol. The monoisotopic (exact) mass is 356 g/mol. The molecule has 26 heavy (non-hydrogen) atoms. The quantitative estimate of drug-likeness (QED) is 0.786. The third-order valence-electron chi connectivity index (χ3n) is 4.39. The summed E-state index contributed by atoms with van der Waals surface area (Å²) in [7, 11) is 0. The summed E-state index contributed by atoms with van der Waals surface area (Å²) in [5.74, 6) is -0.651. The van der Waals surface area contributed by atoms with Crippen LogP contribution in [0.4, 0.5) is 5.69 Å². The van der Waals surface area contributed by atoms with Gasteiger partial charge >= 0.3 is 11.8 Å². The molecule has 8 heteroatoms. The Hall–Kier alpha value is -2.74. The fourth-order valence-corrected chi connectivity index (χ4v) is 3.06. The molecular weight excluding hydrogens is 332 g/mol. The molecule has 0 atom stereocenters. The maximum absolute atomic E-state index is 12.1. The summed E-state index contributed by atoms with van der Waals surface area (Å²) in [6.45, 7) is 5.16. The van der Waals surface area contributed by atoms with E-state index in [1.54, 1.807) is 18.5 Å². The lowest BCUT2D eigenvalue weighted by Gasteiger charge is -2.31. The van der Waals surface area contributed by atoms with E-state index in [1.165, 1.54) is 10.9 Å². The molecule has 1 saturated heterocycles. The van der Waals surface area contributed by atoms with Crippen molar-refractivity contribution in [2.75, 3.05) is 25.0 Å². The van der Waals surface area contributed by atoms with Crippen LogP contribution in [0.15, 0.2) is 36.8 Å². The van der Waals surface area contributed by atoms with E-state index < -0.39 is 11.8 Å². The number of hydrogen-bond donors (Lipinski definition) is 2. The summed E-state index contributed by atoms with van der Waals surface area (Å²) in [5, 5.41) is 9.54. The Morgan fingerprint density at radius 1 is 1.23 bits per heavy atom. The Morgan fingerprint density at radius 3 is 2.73 bits per heavy atom. The minimum atomic E-state index is -0.679. The van der Waals surface area contributed by atoms with Gasteiger partial charge in [0.05, 0.1) is 18.1 Å². The molecule has 0 aromatic carbocycles. The lowest BCUT2D eigenvalue weighted by molar-refractivity contribution is -0.136. The third kappa shape index (κ3) is 4.66. The number of piperidine rings is 1. The van der Waals surface area contributed by atoms with E-state index in [9.17, 15) is 9.59 Å². The zero-order valence-electron chi connectivity index (χ0n) is 14.9. The first kappa shape index (κ1) is 18.1. The third-order valence-corrected chi connectivity index (χ3v) is 4.39. The second-order valence-corrected chi connectivity index (χ2v) is 6.41. The lowest BCUT2D eigenvalue weighted by atomic mass is 10.0. The SMILES string of the molecule is CCCN1CCC(NC(=O)C(=O)Nc2cnn(-c3ccccn3)c2)CC1. The zero-order valence-corrected chi connectivity index (χ0v) is 14.9. The molecule has 1 fully saturated rings. The van der Waals surface area contributed by atoms with Gasteiger partial charge in [0.2, 0.25) is 0 Å². The van der Waals surface area contributed by atoms with Crippen LogP contribution in [0, 0.1) is 0 Å². The van der Waals surface area contributed by atoms with Crippen LogP contribution in [0.5, 0.6) is 0 Å². The minimum Gasteiger partial charge on any atom is -0.345 e. The first-order valence-corrected chi connectivity index (χ1v) is 8.96. The molecule has 1 aliphatic rings. The van der Waals surface area contributed by atoms with Gasteiger partial charge < -0.3 is 15.5 Å². The highest BCUT2D eigenvalue weighted by Gasteiger charge is 2.23. The van der Waals surface area contributed by atoms with E-state index in [0.29, 0.717) is 11.5 Å². The van der Waals surface area contributed by atoms with Crippen LogP contribution in [0.2, 0.25) is 0 Å². The number of rotatable bonds is 5. The predicted octanol–water partition coefficient (Wildman–Crippen LogP) is 1.20. The van der Waals surface area contributed by atoms with Crippen molar-refractivity contribution < 1.29 is 9.59 Å². The fraction of sp³-hybridized carbons (Fsp3) is 0.444. The van der Waals surface area contributed by atoms with Gasteiger partial charge in [0.1, 0.15) is 0 Å². The van der Waals surface area contributed by atoms with Crippen molar-refractivity contribution in [3.8, 4) is 5.82 Å². The normalized spacial score (nSPS) is 15.6. The topological polar surface area (TPSA) is 92.2 Å². The van der Waals surface area contributed by atoms with E-state index in [-0.39, 0.29) is 6.04 Å². The van der Waals surface area contributed by atoms with Gasteiger partial charge in [-0.15, -0.1) is 0 Å². The fourth-order valence-electron chi connectivity index (χ4n) is 3.06. The van der Waals surface area contributed by atoms with Crippen LogP contribution in [0.3, 0.4) is 0 Å². The summed E-state index contributed by atoms with van der Waals surface area (Å²) in [4.78, 5) is 30.8. The molecule has 0 saturated carbocycles. The Balaban J connectivity index is 1.49. The van der Waals surface area contributed by atoms with E-state index in [0.717, 1.165) is 38.9 Å². The molecule has 0 aliphatic carbocycles. The number of anilines is 1. The average molecular weight is 356 g/mol. The number of nitrogens with one attached hydrogen (secondary N) is 2. The molecule has 138 valence electrons. The highest BCUT2D eigenvalue weighted by Crippen LogP contribution is 2.11. The molecule has 0 radical (unpaired) electrons. The Bertz CT molecular complexity index is 737. The number of amides is 2. The van der Waals surface area contributed by atoms with Gasteiger partial charge in [-0.2, -0.15) is 5.10 Å². The van der Waals surface area contributed by atoms with Gasteiger partial charge in [-0.05, 0) is 37.9 Å². The molecule has 1 aliphatic heterocycles. The molecule has 8 nitrogen and oxygen atoms in total. The number of likely N-dealkylation sites (tertiary alicyclic amines) is 1. The van der Waals surface area contributed by atoms with Crippen molar-refractivity contribution in [2.24, 2.45) is 0 Å². The Kier molecular flexibility index (Phi) is 5.96. The molecule has 2 N–H and O–H groups in total. The summed E-state index contributed by atoms with van der Waals surface area (Å²) in [6, 6.07) is 5.52. The number of carbonyl (C=O) groups excluding carboxylic acids is 2. The van der Waals surface area contributed by atoms with Gasteiger partial charge in [0, 0.05) is 25.3 Å². The minimum absolute atomic E-state index is 0.0533. The highest BCUT2D eigenvalue weighted by molar-refractivity contribution is 6.39. The highest BCUT2D eigenvalue weighted by atomic mass is 16.2. The second kappa shape index (κ2) is 8.57. The molecule has 2 aromatic heterocycles. The van der Waals surface area contributed by atoms with Crippen LogP contribution in [-0.2, 0) is 9.59 Å². The van der Waals surface area contributed by atoms with E-state index in [2.05, 4.69) is 32.5 Å². The molecule has 0 unspecified atom stereocenters. The van der Waals surface area contributed by atoms with Crippen LogP contribution < -0.4 is 10.6 Å². The maximum Gasteiger partial charge on any atom is 0.313 e. The average Bonchev–Trinajstić information content (AvgIpc) is 3.13. The summed E-state index contributed by atoms with van der Waals surface area (Å²) in [5.41, 5.74) is 0.452. The summed E-state index contributed by atoms with van der Waals surface area (Å²) >= 11 is 0. The first-order chi connectivity index (χ1) is 12.7. The summed E-state index contributed by atoms with van der Waals surface area (Å²) < 4.78 is 1.54. The van der Waals surface area contributed by atoms with Crippen molar-refractivity contribution in [3.05, 3.63) is 36.8 Å². The van der Waals surface area contributed by atoms with Gasteiger partial charge in [-0.25, -0.2) is 9.67 Å². The van der Waals surface area contributed by atoms with E-state index in [4.69, 9.17) is 0 Å². The van der Waals surface area contributed by atoms with Crippen molar-refractivity contribution in [2.45, 2.75) is 32.2 Å². The van der Waals surface area contributed by atoms with Crippen molar-refractivity contribution in [1.29, 1.82) is 0 Å². The van der Waals surface area contributed by atoms with Crippen LogP contribution in [0.25, 0.3) is 5.82 Å². The van der Waals surface area contributed by atoms with Crippen LogP contribution in [0.1, 0.15) is 26.2 Å². The zero-order chi connectivity index (χ0) is 18.4. The van der Waals surface area contributed by atoms with Crippen molar-refractivity contribution in [3.63, 3.8) is 0 Å². The molecular formula is C18H24N6O2. The molecule has 0 spiro atoms. The van der Waals surface area contributed by atoms with Gasteiger partial charge in [0.15, 0.2) is 5.82 Å².